The number of ether oxygens (including phenoxy) is 1. The topological polar surface area (TPSA) is 9.23 Å². The molecule has 0 spiro atoms. The number of rotatable bonds is 2. The minimum absolute atomic E-state index is 0.333. The Kier molecular flexibility index (Phi) is 3.57. The molecule has 15 heavy (non-hydrogen) atoms. The molecular formula is C14H18O. The van der Waals surface area contributed by atoms with Crippen molar-refractivity contribution in [3.8, 4) is 0 Å². The fraction of sp³-hybridized carbons (Fsp3) is 0.429. The quantitative estimate of drug-likeness (QED) is 0.712. The summed E-state index contributed by atoms with van der Waals surface area (Å²) < 4.78 is 5.64. The van der Waals surface area contributed by atoms with Gasteiger partial charge >= 0.3 is 0 Å². The normalized spacial score (nSPS) is 22.1. The van der Waals surface area contributed by atoms with Gasteiger partial charge in [0.2, 0.25) is 0 Å². The van der Waals surface area contributed by atoms with Crippen LogP contribution in [0, 0.1) is 6.92 Å². The molecule has 1 aliphatic heterocycles. The van der Waals surface area contributed by atoms with Gasteiger partial charge in [0.1, 0.15) is 0 Å². The van der Waals surface area contributed by atoms with Crippen LogP contribution in [0.1, 0.15) is 30.4 Å². The highest BCUT2D eigenvalue weighted by atomic mass is 16.5. The van der Waals surface area contributed by atoms with Gasteiger partial charge in [0.25, 0.3) is 0 Å². The summed E-state index contributed by atoms with van der Waals surface area (Å²) in [4.78, 5) is 0. The average molecular weight is 202 g/mol. The Labute approximate surface area is 91.8 Å². The lowest BCUT2D eigenvalue weighted by Gasteiger charge is -2.19. The van der Waals surface area contributed by atoms with Gasteiger partial charge in [0, 0.05) is 6.61 Å². The lowest BCUT2D eigenvalue weighted by atomic mass is 10.1. The van der Waals surface area contributed by atoms with Gasteiger partial charge in [-0.2, -0.15) is 0 Å². The molecule has 0 aliphatic carbocycles. The third-order valence-corrected chi connectivity index (χ3v) is 2.80. The van der Waals surface area contributed by atoms with E-state index in [0.29, 0.717) is 6.10 Å². The van der Waals surface area contributed by atoms with Crippen LogP contribution in [0.15, 0.2) is 30.3 Å². The smallest absolute Gasteiger partial charge is 0.0759 e. The number of benzene rings is 1. The second kappa shape index (κ2) is 5.13. The van der Waals surface area contributed by atoms with Crippen LogP contribution >= 0.6 is 0 Å². The van der Waals surface area contributed by atoms with Gasteiger partial charge in [0.05, 0.1) is 6.10 Å². The molecule has 0 amide bonds. The average Bonchev–Trinajstić information content (AvgIpc) is 2.30. The lowest BCUT2D eigenvalue weighted by molar-refractivity contribution is 0.0471. The summed E-state index contributed by atoms with van der Waals surface area (Å²) in [5.41, 5.74) is 2.57. The van der Waals surface area contributed by atoms with Gasteiger partial charge < -0.3 is 4.74 Å². The number of hydrogen-bond acceptors (Lipinski definition) is 1. The van der Waals surface area contributed by atoms with Crippen LogP contribution in [0.2, 0.25) is 0 Å². The van der Waals surface area contributed by atoms with Gasteiger partial charge in [-0.15, -0.1) is 0 Å². The summed E-state index contributed by atoms with van der Waals surface area (Å²) >= 11 is 0. The zero-order chi connectivity index (χ0) is 10.5. The van der Waals surface area contributed by atoms with Crippen molar-refractivity contribution in [2.24, 2.45) is 0 Å². The Balaban J connectivity index is 1.95. The van der Waals surface area contributed by atoms with Crippen LogP contribution in [-0.4, -0.2) is 12.7 Å². The minimum Gasteiger partial charge on any atom is -0.374 e. The molecule has 1 aliphatic rings. The maximum absolute atomic E-state index is 5.64. The molecule has 1 nitrogen and oxygen atoms in total. The van der Waals surface area contributed by atoms with E-state index in [4.69, 9.17) is 4.74 Å². The van der Waals surface area contributed by atoms with Crippen LogP contribution in [0.4, 0.5) is 0 Å². The highest BCUT2D eigenvalue weighted by molar-refractivity contribution is 5.50. The molecule has 1 heteroatoms. The molecule has 1 fully saturated rings. The molecule has 1 saturated heterocycles. The van der Waals surface area contributed by atoms with E-state index in [0.717, 1.165) is 6.61 Å². The Morgan fingerprint density at radius 1 is 1.20 bits per heavy atom. The predicted molar refractivity (Wildman–Crippen MR) is 63.8 cm³/mol. The van der Waals surface area contributed by atoms with Crippen molar-refractivity contribution in [3.63, 3.8) is 0 Å². The highest BCUT2D eigenvalue weighted by Crippen LogP contribution is 2.15. The predicted octanol–water partition coefficient (Wildman–Crippen LogP) is 3.58. The first kappa shape index (κ1) is 10.4. The second-order valence-corrected chi connectivity index (χ2v) is 4.17. The van der Waals surface area contributed by atoms with E-state index >= 15 is 0 Å². The van der Waals surface area contributed by atoms with Crippen molar-refractivity contribution in [1.29, 1.82) is 0 Å². The molecule has 0 saturated carbocycles. The number of aryl methyl sites for hydroxylation is 1. The summed E-state index contributed by atoms with van der Waals surface area (Å²) in [5.74, 6) is 0. The zero-order valence-corrected chi connectivity index (χ0v) is 9.28. The summed E-state index contributed by atoms with van der Waals surface area (Å²) in [5, 5.41) is 0. The number of hydrogen-bond donors (Lipinski definition) is 0. The molecule has 1 aromatic carbocycles. The monoisotopic (exact) mass is 202 g/mol. The largest absolute Gasteiger partial charge is 0.374 e. The molecule has 80 valence electrons. The first-order chi connectivity index (χ1) is 7.34. The Morgan fingerprint density at radius 3 is 2.67 bits per heavy atom. The Morgan fingerprint density at radius 2 is 2.00 bits per heavy atom. The van der Waals surface area contributed by atoms with Crippen molar-refractivity contribution >= 4 is 6.08 Å². The molecular weight excluding hydrogens is 184 g/mol. The van der Waals surface area contributed by atoms with Gasteiger partial charge in [0.15, 0.2) is 0 Å². The summed E-state index contributed by atoms with van der Waals surface area (Å²) in [6.07, 6.45) is 8.36. The molecule has 1 unspecified atom stereocenters. The van der Waals surface area contributed by atoms with Gasteiger partial charge in [-0.1, -0.05) is 42.0 Å². The molecule has 0 N–H and O–H groups in total. The fourth-order valence-electron chi connectivity index (χ4n) is 1.81. The van der Waals surface area contributed by atoms with Crippen LogP contribution in [0.3, 0.4) is 0 Å². The molecule has 0 aromatic heterocycles. The van der Waals surface area contributed by atoms with Gasteiger partial charge in [-0.3, -0.25) is 0 Å². The van der Waals surface area contributed by atoms with Crippen LogP contribution in [-0.2, 0) is 4.74 Å². The van der Waals surface area contributed by atoms with E-state index in [1.165, 1.54) is 30.4 Å². The van der Waals surface area contributed by atoms with Crippen LogP contribution in [0.25, 0.3) is 6.08 Å². The van der Waals surface area contributed by atoms with E-state index in [1.807, 2.05) is 0 Å². The summed E-state index contributed by atoms with van der Waals surface area (Å²) in [7, 11) is 0. The maximum atomic E-state index is 5.64. The molecule has 1 aromatic rings. The fourth-order valence-corrected chi connectivity index (χ4v) is 1.81. The third-order valence-electron chi connectivity index (χ3n) is 2.80. The standard InChI is InChI=1S/C14H18O/c1-12-5-7-13(8-6-12)9-10-14-4-2-3-11-15-14/h5-10,14H,2-4,11H2,1H3/b10-9-. The van der Waals surface area contributed by atoms with Crippen LogP contribution in [0.5, 0.6) is 0 Å². The van der Waals surface area contributed by atoms with Gasteiger partial charge in [-0.05, 0) is 31.7 Å². The summed E-state index contributed by atoms with van der Waals surface area (Å²) in [6.45, 7) is 3.03. The van der Waals surface area contributed by atoms with E-state index in [-0.39, 0.29) is 0 Å². The Bertz CT molecular complexity index is 318. The van der Waals surface area contributed by atoms with E-state index in [1.54, 1.807) is 0 Å². The van der Waals surface area contributed by atoms with Crippen molar-refractivity contribution < 1.29 is 4.74 Å². The van der Waals surface area contributed by atoms with Gasteiger partial charge in [-0.25, -0.2) is 0 Å². The lowest BCUT2D eigenvalue weighted by Crippen LogP contribution is -2.15. The van der Waals surface area contributed by atoms with Crippen molar-refractivity contribution in [1.82, 2.24) is 0 Å². The molecule has 0 bridgehead atoms. The first-order valence-electron chi connectivity index (χ1n) is 5.71. The van der Waals surface area contributed by atoms with E-state index in [9.17, 15) is 0 Å². The highest BCUT2D eigenvalue weighted by Gasteiger charge is 2.09. The molecule has 1 heterocycles. The van der Waals surface area contributed by atoms with Crippen molar-refractivity contribution in [2.45, 2.75) is 32.3 Å². The second-order valence-electron chi connectivity index (χ2n) is 4.17. The minimum atomic E-state index is 0.333. The zero-order valence-electron chi connectivity index (χ0n) is 9.28. The van der Waals surface area contributed by atoms with E-state index in [2.05, 4.69) is 43.3 Å². The SMILES string of the molecule is Cc1ccc(/C=C\C2CCCCO2)cc1. The maximum Gasteiger partial charge on any atom is 0.0759 e. The molecule has 1 atom stereocenters. The first-order valence-corrected chi connectivity index (χ1v) is 5.71. The van der Waals surface area contributed by atoms with E-state index < -0.39 is 0 Å². The molecule has 0 radical (unpaired) electrons. The Hall–Kier alpha value is -1.08. The third kappa shape index (κ3) is 3.21. The molecule has 2 rings (SSSR count). The summed E-state index contributed by atoms with van der Waals surface area (Å²) in [6, 6.07) is 8.58. The van der Waals surface area contributed by atoms with Crippen LogP contribution < -0.4 is 0 Å². The van der Waals surface area contributed by atoms with Crippen molar-refractivity contribution in [2.75, 3.05) is 6.61 Å². The van der Waals surface area contributed by atoms with Crippen molar-refractivity contribution in [3.05, 3.63) is 41.5 Å².